The molecule has 0 atom stereocenters. The predicted molar refractivity (Wildman–Crippen MR) is 72.5 cm³/mol. The van der Waals surface area contributed by atoms with Gasteiger partial charge in [0.2, 0.25) is 0 Å². The summed E-state index contributed by atoms with van der Waals surface area (Å²) in [4.78, 5) is 24.3. The van der Waals surface area contributed by atoms with Crippen molar-refractivity contribution >= 4 is 29.2 Å². The highest BCUT2D eigenvalue weighted by atomic mass is 35.5. The Morgan fingerprint density at radius 3 is 2.38 bits per heavy atom. The van der Waals surface area contributed by atoms with Crippen LogP contribution in [0.4, 0.5) is 23.7 Å². The molecule has 1 aromatic carbocycles. The third-order valence-corrected chi connectivity index (χ3v) is 2.63. The maximum absolute atomic E-state index is 11.9. The standard InChI is InChI=1S/C12H13ClF3N3O2/c1-19(2)10(20)8-4-3-7(5-9(8)13)18-11(21)17-6-12(14,15)16/h3-5H,6H2,1-2H3,(H2,17,18,21). The summed E-state index contributed by atoms with van der Waals surface area (Å²) in [6, 6.07) is 3.01. The minimum absolute atomic E-state index is 0.0855. The fourth-order valence-electron chi connectivity index (χ4n) is 1.36. The first-order valence-electron chi connectivity index (χ1n) is 5.73. The van der Waals surface area contributed by atoms with Gasteiger partial charge in [0.15, 0.2) is 0 Å². The van der Waals surface area contributed by atoms with E-state index in [0.717, 1.165) is 0 Å². The van der Waals surface area contributed by atoms with E-state index in [1.807, 2.05) is 0 Å². The van der Waals surface area contributed by atoms with Crippen LogP contribution in [0.25, 0.3) is 0 Å². The molecule has 0 radical (unpaired) electrons. The van der Waals surface area contributed by atoms with Crippen molar-refractivity contribution in [2.24, 2.45) is 0 Å². The zero-order chi connectivity index (χ0) is 16.2. The number of carbonyl (C=O) groups excluding carboxylic acids is 2. The molecule has 0 aromatic heterocycles. The van der Waals surface area contributed by atoms with E-state index >= 15 is 0 Å². The molecule has 0 bridgehead atoms. The molecule has 2 N–H and O–H groups in total. The first-order chi connectivity index (χ1) is 9.60. The number of halogens is 4. The Labute approximate surface area is 124 Å². The van der Waals surface area contributed by atoms with Crippen LogP contribution in [0.3, 0.4) is 0 Å². The van der Waals surface area contributed by atoms with Crippen LogP contribution in [0.5, 0.6) is 0 Å². The highest BCUT2D eigenvalue weighted by Gasteiger charge is 2.27. The average molecular weight is 324 g/mol. The first kappa shape index (κ1) is 17.1. The summed E-state index contributed by atoms with van der Waals surface area (Å²) in [7, 11) is 3.10. The summed E-state index contributed by atoms with van der Waals surface area (Å²) in [6.45, 7) is -1.44. The number of amides is 3. The SMILES string of the molecule is CN(C)C(=O)c1ccc(NC(=O)NCC(F)(F)F)cc1Cl. The maximum atomic E-state index is 11.9. The Morgan fingerprint density at radius 2 is 1.90 bits per heavy atom. The molecule has 5 nitrogen and oxygen atoms in total. The number of nitrogens with one attached hydrogen (secondary N) is 2. The molecule has 0 aliphatic heterocycles. The van der Waals surface area contributed by atoms with E-state index in [1.165, 1.54) is 23.1 Å². The van der Waals surface area contributed by atoms with Crippen molar-refractivity contribution in [2.45, 2.75) is 6.18 Å². The maximum Gasteiger partial charge on any atom is 0.405 e. The van der Waals surface area contributed by atoms with Crippen molar-refractivity contribution in [3.8, 4) is 0 Å². The highest BCUT2D eigenvalue weighted by Crippen LogP contribution is 2.22. The van der Waals surface area contributed by atoms with Crippen molar-refractivity contribution in [1.82, 2.24) is 10.2 Å². The lowest BCUT2D eigenvalue weighted by Crippen LogP contribution is -2.36. The number of nitrogens with zero attached hydrogens (tertiary/aromatic N) is 1. The molecule has 1 rings (SSSR count). The van der Waals surface area contributed by atoms with E-state index in [1.54, 1.807) is 19.4 Å². The summed E-state index contributed by atoms with van der Waals surface area (Å²) >= 11 is 5.90. The van der Waals surface area contributed by atoms with Crippen molar-refractivity contribution in [3.63, 3.8) is 0 Å². The Bertz CT molecular complexity index is 547. The molecule has 0 aliphatic carbocycles. The van der Waals surface area contributed by atoms with Gasteiger partial charge in [-0.05, 0) is 18.2 Å². The van der Waals surface area contributed by atoms with Gasteiger partial charge in [-0.3, -0.25) is 4.79 Å². The lowest BCUT2D eigenvalue weighted by Gasteiger charge is -2.13. The van der Waals surface area contributed by atoms with Gasteiger partial charge in [-0.2, -0.15) is 13.2 Å². The molecule has 0 aliphatic rings. The molecule has 9 heteroatoms. The molecular weight excluding hydrogens is 311 g/mol. The molecule has 0 heterocycles. The summed E-state index contributed by atoms with van der Waals surface area (Å²) in [6.07, 6.45) is -4.49. The van der Waals surface area contributed by atoms with Crippen molar-refractivity contribution in [1.29, 1.82) is 0 Å². The fraction of sp³-hybridized carbons (Fsp3) is 0.333. The minimum Gasteiger partial charge on any atom is -0.345 e. The van der Waals surface area contributed by atoms with Crippen LogP contribution in [0.1, 0.15) is 10.4 Å². The molecule has 116 valence electrons. The monoisotopic (exact) mass is 323 g/mol. The Morgan fingerprint density at radius 1 is 1.29 bits per heavy atom. The van der Waals surface area contributed by atoms with E-state index in [9.17, 15) is 22.8 Å². The molecule has 0 fully saturated rings. The number of urea groups is 1. The van der Waals surface area contributed by atoms with Crippen LogP contribution >= 0.6 is 11.6 Å². The molecule has 21 heavy (non-hydrogen) atoms. The van der Waals surface area contributed by atoms with Gasteiger partial charge in [0, 0.05) is 19.8 Å². The summed E-state index contributed by atoms with van der Waals surface area (Å²) < 4.78 is 35.8. The third kappa shape index (κ3) is 5.50. The normalized spacial score (nSPS) is 11.0. The van der Waals surface area contributed by atoms with Crippen LogP contribution in [0, 0.1) is 0 Å². The molecule has 0 saturated heterocycles. The summed E-state index contributed by atoms with van der Waals surface area (Å²) in [5.41, 5.74) is 0.401. The predicted octanol–water partition coefficient (Wildman–Crippen LogP) is 2.73. The van der Waals surface area contributed by atoms with Crippen molar-refractivity contribution in [3.05, 3.63) is 28.8 Å². The van der Waals surface area contributed by atoms with E-state index in [-0.39, 0.29) is 22.2 Å². The number of hydrogen-bond donors (Lipinski definition) is 2. The summed E-state index contributed by atoms with van der Waals surface area (Å²) in [5, 5.41) is 3.93. The van der Waals surface area contributed by atoms with Gasteiger partial charge in [-0.1, -0.05) is 11.6 Å². The van der Waals surface area contributed by atoms with Crippen molar-refractivity contribution in [2.75, 3.05) is 26.0 Å². The number of benzene rings is 1. The fourth-order valence-corrected chi connectivity index (χ4v) is 1.62. The molecule has 3 amide bonds. The van der Waals surface area contributed by atoms with E-state index in [2.05, 4.69) is 5.32 Å². The third-order valence-electron chi connectivity index (χ3n) is 2.31. The Hall–Kier alpha value is -1.96. The van der Waals surface area contributed by atoms with Crippen LogP contribution in [0.15, 0.2) is 18.2 Å². The van der Waals surface area contributed by atoms with Gasteiger partial charge < -0.3 is 15.5 Å². The molecule has 0 saturated carbocycles. The van der Waals surface area contributed by atoms with E-state index < -0.39 is 18.8 Å². The topological polar surface area (TPSA) is 61.4 Å². The molecule has 0 spiro atoms. The highest BCUT2D eigenvalue weighted by molar-refractivity contribution is 6.34. The zero-order valence-corrected chi connectivity index (χ0v) is 12.0. The zero-order valence-electron chi connectivity index (χ0n) is 11.2. The quantitative estimate of drug-likeness (QED) is 0.898. The number of rotatable bonds is 3. The van der Waals surface area contributed by atoms with Gasteiger partial charge in [-0.25, -0.2) is 4.79 Å². The van der Waals surface area contributed by atoms with Crippen molar-refractivity contribution < 1.29 is 22.8 Å². The second-order valence-corrected chi connectivity index (χ2v) is 4.72. The van der Waals surface area contributed by atoms with Crippen LogP contribution in [-0.2, 0) is 0 Å². The van der Waals surface area contributed by atoms with Gasteiger partial charge in [-0.15, -0.1) is 0 Å². The van der Waals surface area contributed by atoms with E-state index in [0.29, 0.717) is 0 Å². The average Bonchev–Trinajstić information content (AvgIpc) is 2.35. The van der Waals surface area contributed by atoms with Gasteiger partial charge in [0.25, 0.3) is 5.91 Å². The number of anilines is 1. The smallest absolute Gasteiger partial charge is 0.345 e. The second-order valence-electron chi connectivity index (χ2n) is 4.32. The second kappa shape index (κ2) is 6.66. The van der Waals surface area contributed by atoms with Crippen LogP contribution in [-0.4, -0.2) is 43.7 Å². The molecule has 1 aromatic rings. The van der Waals surface area contributed by atoms with Crippen LogP contribution in [0.2, 0.25) is 5.02 Å². The largest absolute Gasteiger partial charge is 0.405 e. The summed E-state index contributed by atoms with van der Waals surface area (Å²) in [5.74, 6) is -0.326. The molecule has 0 unspecified atom stereocenters. The van der Waals surface area contributed by atoms with Crippen LogP contribution < -0.4 is 10.6 Å². The Kier molecular flexibility index (Phi) is 5.42. The first-order valence-corrected chi connectivity index (χ1v) is 6.11. The number of hydrogen-bond acceptors (Lipinski definition) is 2. The van der Waals surface area contributed by atoms with Gasteiger partial charge in [0.05, 0.1) is 10.6 Å². The number of carbonyl (C=O) groups is 2. The lowest BCUT2D eigenvalue weighted by molar-refractivity contribution is -0.122. The minimum atomic E-state index is -4.49. The van der Waals surface area contributed by atoms with Gasteiger partial charge >= 0.3 is 12.2 Å². The van der Waals surface area contributed by atoms with Gasteiger partial charge in [0.1, 0.15) is 6.54 Å². The molecular formula is C12H13ClF3N3O2. The number of alkyl halides is 3. The lowest BCUT2D eigenvalue weighted by atomic mass is 10.2. The Balaban J connectivity index is 2.72. The van der Waals surface area contributed by atoms with E-state index in [4.69, 9.17) is 11.6 Å².